The molecule has 0 bridgehead atoms. The van der Waals surface area contributed by atoms with Gasteiger partial charge >= 0.3 is 0 Å². The lowest BCUT2D eigenvalue weighted by Gasteiger charge is -2.04. The highest BCUT2D eigenvalue weighted by Crippen LogP contribution is 2.40. The first kappa shape index (κ1) is 13.6. The van der Waals surface area contributed by atoms with Crippen LogP contribution in [0.15, 0.2) is 30.3 Å². The third-order valence-electron chi connectivity index (χ3n) is 3.96. The van der Waals surface area contributed by atoms with E-state index >= 15 is 0 Å². The molecule has 18 heavy (non-hydrogen) atoms. The third-order valence-corrected chi connectivity index (χ3v) is 3.96. The maximum absolute atomic E-state index is 3.70. The van der Waals surface area contributed by atoms with Crippen molar-refractivity contribution in [2.75, 3.05) is 6.54 Å². The quantitative estimate of drug-likeness (QED) is 0.632. The van der Waals surface area contributed by atoms with E-state index in [-0.39, 0.29) is 0 Å². The maximum atomic E-state index is 3.70. The molecule has 1 aromatic rings. The van der Waals surface area contributed by atoms with Crippen LogP contribution in [0.5, 0.6) is 0 Å². The van der Waals surface area contributed by atoms with Gasteiger partial charge in [-0.25, -0.2) is 0 Å². The summed E-state index contributed by atoms with van der Waals surface area (Å²) in [6.07, 6.45) is 9.68. The predicted octanol–water partition coefficient (Wildman–Crippen LogP) is 4.49. The van der Waals surface area contributed by atoms with Crippen molar-refractivity contribution in [3.8, 4) is 0 Å². The van der Waals surface area contributed by atoms with Gasteiger partial charge < -0.3 is 5.32 Å². The molecular weight excluding hydrogens is 218 g/mol. The lowest BCUT2D eigenvalue weighted by atomic mass is 10.1. The van der Waals surface area contributed by atoms with Crippen LogP contribution in [-0.4, -0.2) is 12.6 Å². The van der Waals surface area contributed by atoms with Gasteiger partial charge in [0, 0.05) is 12.0 Å². The Hall–Kier alpha value is -0.820. The molecular formula is C17H27N. The molecule has 1 N–H and O–H groups in total. The molecule has 2 atom stereocenters. The van der Waals surface area contributed by atoms with Gasteiger partial charge in [0.15, 0.2) is 0 Å². The Balaban J connectivity index is 1.50. The molecule has 100 valence electrons. The zero-order valence-corrected chi connectivity index (χ0v) is 11.7. The van der Waals surface area contributed by atoms with Crippen molar-refractivity contribution >= 4 is 0 Å². The van der Waals surface area contributed by atoms with Crippen LogP contribution in [0.25, 0.3) is 0 Å². The van der Waals surface area contributed by atoms with Crippen LogP contribution in [0.4, 0.5) is 0 Å². The zero-order valence-electron chi connectivity index (χ0n) is 11.7. The Morgan fingerprint density at radius 3 is 2.50 bits per heavy atom. The van der Waals surface area contributed by atoms with Crippen LogP contribution >= 0.6 is 0 Å². The van der Waals surface area contributed by atoms with E-state index in [4.69, 9.17) is 0 Å². The second kappa shape index (κ2) is 7.58. The molecule has 1 nitrogen and oxygen atoms in total. The zero-order chi connectivity index (χ0) is 12.6. The Bertz CT molecular complexity index is 320. The van der Waals surface area contributed by atoms with Gasteiger partial charge in [0.25, 0.3) is 0 Å². The molecule has 1 aromatic carbocycles. The number of hydrogen-bond donors (Lipinski definition) is 1. The summed E-state index contributed by atoms with van der Waals surface area (Å²) in [7, 11) is 0. The van der Waals surface area contributed by atoms with Gasteiger partial charge in [-0.3, -0.25) is 0 Å². The van der Waals surface area contributed by atoms with E-state index in [9.17, 15) is 0 Å². The van der Waals surface area contributed by atoms with Crippen LogP contribution in [0.2, 0.25) is 0 Å². The lowest BCUT2D eigenvalue weighted by Crippen LogP contribution is -2.19. The molecule has 1 aliphatic carbocycles. The van der Waals surface area contributed by atoms with Crippen LogP contribution in [0, 0.1) is 0 Å². The van der Waals surface area contributed by atoms with E-state index in [0.717, 1.165) is 12.0 Å². The van der Waals surface area contributed by atoms with Crippen molar-refractivity contribution in [1.29, 1.82) is 0 Å². The van der Waals surface area contributed by atoms with E-state index in [0.29, 0.717) is 0 Å². The van der Waals surface area contributed by atoms with Gasteiger partial charge in [0.1, 0.15) is 0 Å². The van der Waals surface area contributed by atoms with Crippen LogP contribution < -0.4 is 5.32 Å². The van der Waals surface area contributed by atoms with Crippen molar-refractivity contribution in [2.45, 2.75) is 63.8 Å². The highest BCUT2D eigenvalue weighted by Gasteiger charge is 2.37. The fourth-order valence-electron chi connectivity index (χ4n) is 2.68. The topological polar surface area (TPSA) is 12.0 Å². The number of nitrogens with one attached hydrogen (secondary N) is 1. The van der Waals surface area contributed by atoms with Crippen molar-refractivity contribution in [3.63, 3.8) is 0 Å². The lowest BCUT2D eigenvalue weighted by molar-refractivity contribution is 0.567. The van der Waals surface area contributed by atoms with Gasteiger partial charge in [-0.15, -0.1) is 0 Å². The molecule has 0 saturated heterocycles. The first-order valence-corrected chi connectivity index (χ1v) is 7.70. The molecule has 1 fully saturated rings. The van der Waals surface area contributed by atoms with Gasteiger partial charge in [-0.2, -0.15) is 0 Å². The largest absolute Gasteiger partial charge is 0.313 e. The smallest absolute Gasteiger partial charge is 0.0143 e. The number of benzene rings is 1. The monoisotopic (exact) mass is 245 g/mol. The minimum Gasteiger partial charge on any atom is -0.313 e. The minimum atomic E-state index is 0.753. The van der Waals surface area contributed by atoms with Gasteiger partial charge in [0.2, 0.25) is 0 Å². The second-order valence-corrected chi connectivity index (χ2v) is 5.58. The highest BCUT2D eigenvalue weighted by atomic mass is 15.0. The number of hydrogen-bond acceptors (Lipinski definition) is 1. The molecule has 1 saturated carbocycles. The maximum Gasteiger partial charge on any atom is 0.0143 e. The summed E-state index contributed by atoms with van der Waals surface area (Å²) in [5.41, 5.74) is 1.51. The fourth-order valence-corrected chi connectivity index (χ4v) is 2.68. The Labute approximate surface area is 112 Å². The summed E-state index contributed by atoms with van der Waals surface area (Å²) in [5.74, 6) is 0.784. The standard InChI is InChI=1S/C17H27N/c1-2-3-4-5-6-10-13-18-17-14-16(17)15-11-8-7-9-12-15/h7-9,11-12,16-18H,2-6,10,13-14H2,1H3. The molecule has 2 unspecified atom stereocenters. The molecule has 0 aromatic heterocycles. The van der Waals surface area contributed by atoms with E-state index in [1.165, 1.54) is 57.1 Å². The van der Waals surface area contributed by atoms with Gasteiger partial charge in [-0.1, -0.05) is 69.4 Å². The number of unbranched alkanes of at least 4 members (excludes halogenated alkanes) is 5. The Morgan fingerprint density at radius 2 is 1.72 bits per heavy atom. The van der Waals surface area contributed by atoms with E-state index < -0.39 is 0 Å². The van der Waals surface area contributed by atoms with Crippen LogP contribution in [-0.2, 0) is 0 Å². The summed E-state index contributed by atoms with van der Waals surface area (Å²) in [4.78, 5) is 0. The molecule has 0 radical (unpaired) electrons. The summed E-state index contributed by atoms with van der Waals surface area (Å²) >= 11 is 0. The van der Waals surface area contributed by atoms with Crippen LogP contribution in [0.1, 0.15) is 63.4 Å². The van der Waals surface area contributed by atoms with Crippen LogP contribution in [0.3, 0.4) is 0 Å². The molecule has 1 heteroatoms. The first-order chi connectivity index (χ1) is 8.92. The first-order valence-electron chi connectivity index (χ1n) is 7.70. The third kappa shape index (κ3) is 4.45. The van der Waals surface area contributed by atoms with Crippen molar-refractivity contribution in [3.05, 3.63) is 35.9 Å². The van der Waals surface area contributed by atoms with Gasteiger partial charge in [-0.05, 0) is 24.9 Å². The highest BCUT2D eigenvalue weighted by molar-refractivity contribution is 5.27. The minimum absolute atomic E-state index is 0.753. The predicted molar refractivity (Wildman–Crippen MR) is 79.0 cm³/mol. The molecule has 0 spiro atoms. The Morgan fingerprint density at radius 1 is 1.00 bits per heavy atom. The van der Waals surface area contributed by atoms with E-state index in [1.807, 2.05) is 0 Å². The molecule has 2 rings (SSSR count). The number of rotatable bonds is 9. The molecule has 0 heterocycles. The molecule has 0 aliphatic heterocycles. The van der Waals surface area contributed by atoms with E-state index in [2.05, 4.69) is 42.6 Å². The average molecular weight is 245 g/mol. The van der Waals surface area contributed by atoms with Crippen molar-refractivity contribution in [1.82, 2.24) is 5.32 Å². The van der Waals surface area contributed by atoms with Gasteiger partial charge in [0.05, 0.1) is 0 Å². The summed E-state index contributed by atoms with van der Waals surface area (Å²) in [5, 5.41) is 3.70. The summed E-state index contributed by atoms with van der Waals surface area (Å²) < 4.78 is 0. The Kier molecular flexibility index (Phi) is 5.73. The molecule has 1 aliphatic rings. The summed E-state index contributed by atoms with van der Waals surface area (Å²) in [6.45, 7) is 3.48. The van der Waals surface area contributed by atoms with Crippen molar-refractivity contribution < 1.29 is 0 Å². The average Bonchev–Trinajstić information content (AvgIpc) is 3.18. The normalized spacial score (nSPS) is 22.1. The van der Waals surface area contributed by atoms with Crippen molar-refractivity contribution in [2.24, 2.45) is 0 Å². The fraction of sp³-hybridized carbons (Fsp3) is 0.647. The SMILES string of the molecule is CCCCCCCCNC1CC1c1ccccc1. The summed E-state index contributed by atoms with van der Waals surface area (Å²) in [6, 6.07) is 11.7. The van der Waals surface area contributed by atoms with E-state index in [1.54, 1.807) is 0 Å². The second-order valence-electron chi connectivity index (χ2n) is 5.58. The molecule has 0 amide bonds.